The van der Waals surface area contributed by atoms with Crippen LogP contribution in [-0.4, -0.2) is 62.0 Å². The first-order chi connectivity index (χ1) is 16.2. The number of nitrogens with zero attached hydrogens (tertiary/aromatic N) is 5. The lowest BCUT2D eigenvalue weighted by Crippen LogP contribution is -2.39. The predicted octanol–water partition coefficient (Wildman–Crippen LogP) is 1.73. The van der Waals surface area contributed by atoms with Gasteiger partial charge in [0.2, 0.25) is 0 Å². The van der Waals surface area contributed by atoms with Crippen molar-refractivity contribution < 1.29 is 18.6 Å². The van der Waals surface area contributed by atoms with Crippen molar-refractivity contribution in [3.05, 3.63) is 54.6 Å². The highest BCUT2D eigenvalue weighted by Crippen LogP contribution is 2.43. The van der Waals surface area contributed by atoms with Gasteiger partial charge < -0.3 is 15.9 Å². The van der Waals surface area contributed by atoms with Crippen LogP contribution in [0.2, 0.25) is 0 Å². The second-order valence-corrected chi connectivity index (χ2v) is 10.9. The first-order valence-corrected chi connectivity index (χ1v) is 12.9. The number of aliphatic hydroxyl groups is 2. The number of aromatic nitrogens is 5. The van der Waals surface area contributed by atoms with E-state index in [1.54, 1.807) is 17.1 Å². The lowest BCUT2D eigenvalue weighted by molar-refractivity contribution is 0.0644. The Labute approximate surface area is 196 Å². The van der Waals surface area contributed by atoms with E-state index in [1.807, 2.05) is 36.5 Å². The van der Waals surface area contributed by atoms with Gasteiger partial charge >= 0.3 is 0 Å². The summed E-state index contributed by atoms with van der Waals surface area (Å²) in [5.74, 6) is -0.0526. The van der Waals surface area contributed by atoms with E-state index in [0.29, 0.717) is 36.9 Å². The molecule has 1 aliphatic carbocycles. The maximum atomic E-state index is 12.8. The Hall–Kier alpha value is -3.28. The number of nitrogens with two attached hydrogens (primary N) is 1. The molecule has 1 aliphatic rings. The maximum absolute atomic E-state index is 12.8. The van der Waals surface area contributed by atoms with Gasteiger partial charge in [0.05, 0.1) is 36.5 Å². The predicted molar refractivity (Wildman–Crippen MR) is 126 cm³/mol. The number of sulfone groups is 1. The van der Waals surface area contributed by atoms with Crippen LogP contribution in [-0.2, 0) is 15.3 Å². The number of nitrogen functional groups attached to an aromatic ring is 1. The smallest absolute Gasteiger partial charge is 0.180 e. The number of para-hydroxylation sites is 1. The molecular weight excluding hydrogens is 456 g/mol. The number of aliphatic hydroxyl groups excluding tert-OH is 2. The van der Waals surface area contributed by atoms with E-state index in [2.05, 4.69) is 10.2 Å². The largest absolute Gasteiger partial charge is 0.395 e. The second kappa shape index (κ2) is 8.19. The van der Waals surface area contributed by atoms with E-state index in [-0.39, 0.29) is 23.0 Å². The molecule has 178 valence electrons. The number of benzene rings is 1. The van der Waals surface area contributed by atoms with Gasteiger partial charge in [-0.25, -0.2) is 18.1 Å². The Kier molecular flexibility index (Phi) is 5.42. The zero-order valence-electron chi connectivity index (χ0n) is 18.7. The zero-order chi connectivity index (χ0) is 24.1. The average Bonchev–Trinajstić information content (AvgIpc) is 3.47. The van der Waals surface area contributed by atoms with Gasteiger partial charge in [0.25, 0.3) is 0 Å². The summed E-state index contributed by atoms with van der Waals surface area (Å²) < 4.78 is 28.7. The number of rotatable bonds is 5. The van der Waals surface area contributed by atoms with Crippen LogP contribution in [0.15, 0.2) is 53.8 Å². The van der Waals surface area contributed by atoms with Crippen molar-refractivity contribution in [3.8, 4) is 16.8 Å². The average molecular weight is 483 g/mol. The number of fused-ring (bicyclic) bond motifs is 1. The van der Waals surface area contributed by atoms with E-state index in [1.165, 1.54) is 4.52 Å². The SMILES string of the molecule is CS(=O)(=O)c1c(C2(CO)CCC(O)CC2)nc2c(-c3cnn(-c4ccccc4)c3)cnn2c1N. The minimum Gasteiger partial charge on any atom is -0.395 e. The summed E-state index contributed by atoms with van der Waals surface area (Å²) in [6.07, 6.45) is 7.36. The molecule has 0 bridgehead atoms. The Bertz CT molecular complexity index is 1450. The van der Waals surface area contributed by atoms with Crippen molar-refractivity contribution in [2.24, 2.45) is 0 Å². The van der Waals surface area contributed by atoms with Gasteiger partial charge in [0.1, 0.15) is 10.7 Å². The van der Waals surface area contributed by atoms with E-state index in [9.17, 15) is 18.6 Å². The third-order valence-corrected chi connectivity index (χ3v) is 7.78. The summed E-state index contributed by atoms with van der Waals surface area (Å²) in [7, 11) is -3.79. The molecule has 0 unspecified atom stereocenters. The van der Waals surface area contributed by atoms with Gasteiger partial charge in [-0.15, -0.1) is 0 Å². The van der Waals surface area contributed by atoms with Crippen molar-refractivity contribution in [1.29, 1.82) is 0 Å². The van der Waals surface area contributed by atoms with Crippen LogP contribution in [0.5, 0.6) is 0 Å². The second-order valence-electron chi connectivity index (χ2n) is 8.92. The molecule has 4 N–H and O–H groups in total. The lowest BCUT2D eigenvalue weighted by Gasteiger charge is -2.38. The molecule has 3 heterocycles. The van der Waals surface area contributed by atoms with Crippen LogP contribution in [0.4, 0.5) is 5.82 Å². The fraction of sp³-hybridized carbons (Fsp3) is 0.348. The van der Waals surface area contributed by atoms with Crippen molar-refractivity contribution in [3.63, 3.8) is 0 Å². The van der Waals surface area contributed by atoms with Crippen LogP contribution in [0, 0.1) is 0 Å². The van der Waals surface area contributed by atoms with Gasteiger partial charge in [-0.2, -0.15) is 14.7 Å². The molecule has 11 heteroatoms. The Balaban J connectivity index is 1.72. The third kappa shape index (κ3) is 3.65. The Morgan fingerprint density at radius 2 is 1.85 bits per heavy atom. The molecule has 0 radical (unpaired) electrons. The van der Waals surface area contributed by atoms with Crippen molar-refractivity contribution in [2.75, 3.05) is 18.6 Å². The molecule has 3 aromatic heterocycles. The van der Waals surface area contributed by atoms with Crippen molar-refractivity contribution in [1.82, 2.24) is 24.4 Å². The topological polar surface area (TPSA) is 149 Å². The summed E-state index contributed by atoms with van der Waals surface area (Å²) in [6, 6.07) is 9.63. The van der Waals surface area contributed by atoms with Crippen molar-refractivity contribution >= 4 is 21.3 Å². The molecule has 5 rings (SSSR count). The molecule has 4 aromatic rings. The highest BCUT2D eigenvalue weighted by molar-refractivity contribution is 7.91. The first kappa shape index (κ1) is 22.5. The summed E-state index contributed by atoms with van der Waals surface area (Å²) in [4.78, 5) is 4.65. The van der Waals surface area contributed by atoms with E-state index < -0.39 is 21.4 Å². The fourth-order valence-corrected chi connectivity index (χ4v) is 5.82. The van der Waals surface area contributed by atoms with E-state index >= 15 is 0 Å². The number of anilines is 1. The monoisotopic (exact) mass is 482 g/mol. The third-order valence-electron chi connectivity index (χ3n) is 6.64. The highest BCUT2D eigenvalue weighted by atomic mass is 32.2. The molecule has 0 amide bonds. The Morgan fingerprint density at radius 1 is 1.15 bits per heavy atom. The molecule has 10 nitrogen and oxygen atoms in total. The molecular formula is C23H26N6O4S. The molecule has 0 atom stereocenters. The summed E-state index contributed by atoms with van der Waals surface area (Å²) in [5, 5.41) is 29.2. The van der Waals surface area contributed by atoms with Crippen LogP contribution >= 0.6 is 0 Å². The number of hydrogen-bond acceptors (Lipinski definition) is 8. The van der Waals surface area contributed by atoms with Gasteiger partial charge in [0.15, 0.2) is 15.5 Å². The lowest BCUT2D eigenvalue weighted by atomic mass is 9.71. The van der Waals surface area contributed by atoms with Crippen LogP contribution in [0.25, 0.3) is 22.5 Å². The fourth-order valence-electron chi connectivity index (χ4n) is 4.74. The van der Waals surface area contributed by atoms with Gasteiger partial charge in [-0.05, 0) is 37.8 Å². The van der Waals surface area contributed by atoms with E-state index in [4.69, 9.17) is 10.7 Å². The summed E-state index contributed by atoms with van der Waals surface area (Å²) in [5.41, 5.74) is 8.31. The van der Waals surface area contributed by atoms with Gasteiger partial charge in [-0.3, -0.25) is 0 Å². The van der Waals surface area contributed by atoms with E-state index in [0.717, 1.165) is 17.5 Å². The van der Waals surface area contributed by atoms with Crippen molar-refractivity contribution in [2.45, 2.75) is 42.1 Å². The number of hydrogen-bond donors (Lipinski definition) is 3. The first-order valence-electron chi connectivity index (χ1n) is 11.0. The molecule has 1 saturated carbocycles. The zero-order valence-corrected chi connectivity index (χ0v) is 19.5. The molecule has 0 aliphatic heterocycles. The Morgan fingerprint density at radius 3 is 2.50 bits per heavy atom. The van der Waals surface area contributed by atoms with Gasteiger partial charge in [-0.1, -0.05) is 18.2 Å². The minimum absolute atomic E-state index is 0.0526. The molecule has 1 aromatic carbocycles. The van der Waals surface area contributed by atoms with Crippen LogP contribution in [0.3, 0.4) is 0 Å². The normalized spacial score (nSPS) is 21.2. The standard InChI is InChI=1S/C23H26N6O4S/c1-34(32,33)19-20(23(14-30)9-7-17(31)8-10-23)27-22-18(12-26-29(22)21(19)24)15-11-25-28(13-15)16-5-3-2-4-6-16/h2-6,11-13,17,30-31H,7-10,14,24H2,1H3. The minimum atomic E-state index is -3.79. The molecule has 1 fully saturated rings. The summed E-state index contributed by atoms with van der Waals surface area (Å²) in [6.45, 7) is -0.305. The van der Waals surface area contributed by atoms with Gasteiger partial charge in [0, 0.05) is 29.0 Å². The van der Waals surface area contributed by atoms with Crippen LogP contribution in [0.1, 0.15) is 31.4 Å². The summed E-state index contributed by atoms with van der Waals surface area (Å²) >= 11 is 0. The highest BCUT2D eigenvalue weighted by Gasteiger charge is 2.42. The quantitative estimate of drug-likeness (QED) is 0.389. The molecule has 0 saturated heterocycles. The molecule has 0 spiro atoms. The molecule has 34 heavy (non-hydrogen) atoms. The maximum Gasteiger partial charge on any atom is 0.180 e. The van der Waals surface area contributed by atoms with Crippen LogP contribution < -0.4 is 5.73 Å².